The molecule has 1 saturated carbocycles. The van der Waals surface area contributed by atoms with Crippen molar-refractivity contribution in [3.05, 3.63) is 35.6 Å². The molecule has 20 heavy (non-hydrogen) atoms. The van der Waals surface area contributed by atoms with Crippen LogP contribution in [0.15, 0.2) is 24.3 Å². The first-order chi connectivity index (χ1) is 9.39. The highest BCUT2D eigenvalue weighted by Gasteiger charge is 2.32. The molecule has 1 amide bonds. The molecule has 0 heterocycles. The largest absolute Gasteiger partial charge is 0.353 e. The first kappa shape index (κ1) is 15.0. The summed E-state index contributed by atoms with van der Waals surface area (Å²) in [4.78, 5) is 12.5. The summed E-state index contributed by atoms with van der Waals surface area (Å²) in [7, 11) is 0. The van der Waals surface area contributed by atoms with Crippen molar-refractivity contribution in [1.29, 1.82) is 0 Å². The van der Waals surface area contributed by atoms with E-state index in [4.69, 9.17) is 5.73 Å². The summed E-state index contributed by atoms with van der Waals surface area (Å²) in [5.74, 6) is -0.296. The molecule has 0 aliphatic heterocycles. The third-order valence-electron chi connectivity index (χ3n) is 4.24. The van der Waals surface area contributed by atoms with E-state index in [1.165, 1.54) is 12.1 Å². The molecule has 0 aromatic heterocycles. The van der Waals surface area contributed by atoms with Gasteiger partial charge in [0.05, 0.1) is 5.41 Å². The van der Waals surface area contributed by atoms with Crippen molar-refractivity contribution in [2.45, 2.75) is 57.0 Å². The Kier molecular flexibility index (Phi) is 4.43. The lowest BCUT2D eigenvalue weighted by Gasteiger charge is -2.31. The second-order valence-corrected chi connectivity index (χ2v) is 6.22. The number of carbonyl (C=O) groups is 1. The topological polar surface area (TPSA) is 55.1 Å². The fourth-order valence-electron chi connectivity index (χ4n) is 2.63. The number of hydrogen-bond donors (Lipinski definition) is 2. The summed E-state index contributed by atoms with van der Waals surface area (Å²) in [6, 6.07) is 6.61. The molecular weight excluding hydrogens is 255 g/mol. The Labute approximate surface area is 119 Å². The van der Waals surface area contributed by atoms with E-state index in [0.717, 1.165) is 31.2 Å². The molecule has 1 aromatic carbocycles. The van der Waals surface area contributed by atoms with Crippen molar-refractivity contribution in [2.24, 2.45) is 5.73 Å². The Hall–Kier alpha value is -1.42. The molecule has 0 radical (unpaired) electrons. The average molecular weight is 278 g/mol. The van der Waals surface area contributed by atoms with Crippen molar-refractivity contribution in [2.75, 3.05) is 0 Å². The number of hydrogen-bond acceptors (Lipinski definition) is 2. The summed E-state index contributed by atoms with van der Waals surface area (Å²) in [6.07, 6.45) is 3.79. The van der Waals surface area contributed by atoms with Crippen LogP contribution in [0.3, 0.4) is 0 Å². The van der Waals surface area contributed by atoms with Gasteiger partial charge in [-0.25, -0.2) is 4.39 Å². The third-order valence-corrected chi connectivity index (χ3v) is 4.24. The van der Waals surface area contributed by atoms with E-state index in [-0.39, 0.29) is 23.8 Å². The molecule has 0 atom stereocenters. The number of carbonyl (C=O) groups excluding carboxylic acids is 1. The molecule has 0 saturated heterocycles. The number of halogens is 1. The van der Waals surface area contributed by atoms with Crippen LogP contribution in [0.2, 0.25) is 0 Å². The lowest BCUT2D eigenvalue weighted by molar-refractivity contribution is -0.126. The normalized spacial score (nSPS) is 23.4. The molecule has 2 rings (SSSR count). The second-order valence-electron chi connectivity index (χ2n) is 6.22. The third kappa shape index (κ3) is 3.37. The van der Waals surface area contributed by atoms with E-state index >= 15 is 0 Å². The molecule has 1 fully saturated rings. The standard InChI is InChI=1S/C16H23FN2O/c1-16(2,11-3-5-12(17)6-4-11)15(20)19-14-9-7-13(18)8-10-14/h3-6,13-14H,7-10,18H2,1-2H3,(H,19,20). The van der Waals surface area contributed by atoms with E-state index in [1.54, 1.807) is 12.1 Å². The van der Waals surface area contributed by atoms with Crippen molar-refractivity contribution in [3.63, 3.8) is 0 Å². The number of rotatable bonds is 3. The van der Waals surface area contributed by atoms with Crippen LogP contribution in [0.4, 0.5) is 4.39 Å². The van der Waals surface area contributed by atoms with Gasteiger partial charge < -0.3 is 11.1 Å². The minimum absolute atomic E-state index is 0.00965. The predicted octanol–water partition coefficient (Wildman–Crippen LogP) is 2.49. The maximum absolute atomic E-state index is 13.0. The smallest absolute Gasteiger partial charge is 0.230 e. The van der Waals surface area contributed by atoms with Gasteiger partial charge in [-0.05, 0) is 57.2 Å². The van der Waals surface area contributed by atoms with Gasteiger partial charge in [-0.1, -0.05) is 12.1 Å². The van der Waals surface area contributed by atoms with Crippen LogP contribution < -0.4 is 11.1 Å². The van der Waals surface area contributed by atoms with Crippen LogP contribution >= 0.6 is 0 Å². The summed E-state index contributed by atoms with van der Waals surface area (Å²) in [6.45, 7) is 3.73. The molecular formula is C16H23FN2O. The molecule has 1 aliphatic carbocycles. The molecule has 1 aromatic rings. The van der Waals surface area contributed by atoms with Crippen LogP contribution in [-0.2, 0) is 10.2 Å². The van der Waals surface area contributed by atoms with Gasteiger partial charge in [-0.2, -0.15) is 0 Å². The monoisotopic (exact) mass is 278 g/mol. The molecule has 0 unspecified atom stereocenters. The SMILES string of the molecule is CC(C)(C(=O)NC1CCC(N)CC1)c1ccc(F)cc1. The Morgan fingerprint density at radius 1 is 1.20 bits per heavy atom. The van der Waals surface area contributed by atoms with E-state index in [1.807, 2.05) is 13.8 Å². The van der Waals surface area contributed by atoms with E-state index < -0.39 is 5.41 Å². The molecule has 4 heteroatoms. The Morgan fingerprint density at radius 2 is 1.75 bits per heavy atom. The van der Waals surface area contributed by atoms with Gasteiger partial charge in [0.15, 0.2) is 0 Å². The molecule has 1 aliphatic rings. The van der Waals surface area contributed by atoms with Gasteiger partial charge in [0.2, 0.25) is 5.91 Å². The van der Waals surface area contributed by atoms with E-state index in [0.29, 0.717) is 0 Å². The quantitative estimate of drug-likeness (QED) is 0.892. The van der Waals surface area contributed by atoms with Gasteiger partial charge >= 0.3 is 0 Å². The Bertz CT molecular complexity index is 462. The maximum Gasteiger partial charge on any atom is 0.230 e. The van der Waals surface area contributed by atoms with Crippen LogP contribution in [-0.4, -0.2) is 18.0 Å². The summed E-state index contributed by atoms with van der Waals surface area (Å²) >= 11 is 0. The zero-order chi connectivity index (χ0) is 14.8. The minimum Gasteiger partial charge on any atom is -0.353 e. The van der Waals surface area contributed by atoms with Gasteiger partial charge in [0.1, 0.15) is 5.82 Å². The van der Waals surface area contributed by atoms with Crippen LogP contribution in [0, 0.1) is 5.82 Å². The number of benzene rings is 1. The minimum atomic E-state index is -0.659. The van der Waals surface area contributed by atoms with Crippen LogP contribution in [0.25, 0.3) is 0 Å². The highest BCUT2D eigenvalue weighted by Crippen LogP contribution is 2.25. The molecule has 3 nitrogen and oxygen atoms in total. The summed E-state index contributed by atoms with van der Waals surface area (Å²) in [5, 5.41) is 3.10. The number of nitrogens with two attached hydrogens (primary N) is 1. The van der Waals surface area contributed by atoms with Crippen molar-refractivity contribution >= 4 is 5.91 Å². The van der Waals surface area contributed by atoms with Crippen LogP contribution in [0.5, 0.6) is 0 Å². The first-order valence-electron chi connectivity index (χ1n) is 7.22. The van der Waals surface area contributed by atoms with Crippen molar-refractivity contribution in [1.82, 2.24) is 5.32 Å². The number of amides is 1. The molecule has 3 N–H and O–H groups in total. The zero-order valence-electron chi connectivity index (χ0n) is 12.2. The summed E-state index contributed by atoms with van der Waals surface area (Å²) < 4.78 is 13.0. The van der Waals surface area contributed by atoms with E-state index in [9.17, 15) is 9.18 Å². The lowest BCUT2D eigenvalue weighted by Crippen LogP contribution is -2.47. The molecule has 0 bridgehead atoms. The zero-order valence-corrected chi connectivity index (χ0v) is 12.2. The molecule has 0 spiro atoms. The predicted molar refractivity (Wildman–Crippen MR) is 77.8 cm³/mol. The number of nitrogens with one attached hydrogen (secondary N) is 1. The van der Waals surface area contributed by atoms with Gasteiger partial charge in [-0.15, -0.1) is 0 Å². The first-order valence-corrected chi connectivity index (χ1v) is 7.22. The van der Waals surface area contributed by atoms with Crippen molar-refractivity contribution in [3.8, 4) is 0 Å². The highest BCUT2D eigenvalue weighted by molar-refractivity contribution is 5.87. The highest BCUT2D eigenvalue weighted by atomic mass is 19.1. The Morgan fingerprint density at radius 3 is 2.30 bits per heavy atom. The second kappa shape index (κ2) is 5.92. The Balaban J connectivity index is 2.01. The summed E-state index contributed by atoms with van der Waals surface area (Å²) in [5.41, 5.74) is 6.03. The average Bonchev–Trinajstić information content (AvgIpc) is 2.42. The van der Waals surface area contributed by atoms with Gasteiger partial charge in [-0.3, -0.25) is 4.79 Å². The van der Waals surface area contributed by atoms with Crippen molar-refractivity contribution < 1.29 is 9.18 Å². The van der Waals surface area contributed by atoms with Gasteiger partial charge in [0.25, 0.3) is 0 Å². The van der Waals surface area contributed by atoms with Gasteiger partial charge in [0, 0.05) is 12.1 Å². The molecule has 110 valence electrons. The van der Waals surface area contributed by atoms with E-state index in [2.05, 4.69) is 5.32 Å². The fourth-order valence-corrected chi connectivity index (χ4v) is 2.63. The lowest BCUT2D eigenvalue weighted by atomic mass is 9.82. The fraction of sp³-hybridized carbons (Fsp3) is 0.562. The van der Waals surface area contributed by atoms with Crippen LogP contribution in [0.1, 0.15) is 45.1 Å². The maximum atomic E-state index is 13.0.